The molecule has 19 heavy (non-hydrogen) atoms. The Hall–Kier alpha value is -1.32. The average Bonchev–Trinajstić information content (AvgIpc) is 2.40. The van der Waals surface area contributed by atoms with Crippen LogP contribution in [0.2, 0.25) is 0 Å². The Kier molecular flexibility index (Phi) is 5.00. The summed E-state index contributed by atoms with van der Waals surface area (Å²) in [5, 5.41) is 3.17. The van der Waals surface area contributed by atoms with Crippen LogP contribution in [0, 0.1) is 6.92 Å². The average molecular weight is 320 g/mol. The van der Waals surface area contributed by atoms with Gasteiger partial charge < -0.3 is 10.1 Å². The SMILES string of the molecule is CNCc1cc(C)ccc1OCc1ccccc1Br. The monoisotopic (exact) mass is 319 g/mol. The smallest absolute Gasteiger partial charge is 0.124 e. The van der Waals surface area contributed by atoms with Crippen LogP contribution in [0.25, 0.3) is 0 Å². The molecule has 0 saturated carbocycles. The van der Waals surface area contributed by atoms with Crippen molar-refractivity contribution in [2.45, 2.75) is 20.1 Å². The normalized spacial score (nSPS) is 10.5. The molecule has 0 aromatic heterocycles. The molecule has 3 heteroatoms. The summed E-state index contributed by atoms with van der Waals surface area (Å²) in [6.07, 6.45) is 0. The first-order chi connectivity index (χ1) is 9.20. The molecule has 0 saturated heterocycles. The molecule has 0 aliphatic rings. The van der Waals surface area contributed by atoms with Gasteiger partial charge in [0.25, 0.3) is 0 Å². The van der Waals surface area contributed by atoms with Crippen molar-refractivity contribution in [1.82, 2.24) is 5.32 Å². The molecule has 0 heterocycles. The lowest BCUT2D eigenvalue weighted by Gasteiger charge is -2.13. The molecule has 0 atom stereocenters. The zero-order valence-corrected chi connectivity index (χ0v) is 12.8. The molecule has 0 radical (unpaired) electrons. The van der Waals surface area contributed by atoms with Crippen LogP contribution in [0.1, 0.15) is 16.7 Å². The second-order valence-electron chi connectivity index (χ2n) is 4.52. The Labute approximate surface area is 122 Å². The van der Waals surface area contributed by atoms with Crippen molar-refractivity contribution in [2.24, 2.45) is 0 Å². The number of benzene rings is 2. The van der Waals surface area contributed by atoms with Gasteiger partial charge in [-0.3, -0.25) is 0 Å². The topological polar surface area (TPSA) is 21.3 Å². The van der Waals surface area contributed by atoms with Gasteiger partial charge in [0, 0.05) is 22.1 Å². The first-order valence-electron chi connectivity index (χ1n) is 6.31. The van der Waals surface area contributed by atoms with Gasteiger partial charge in [-0.25, -0.2) is 0 Å². The molecule has 0 aliphatic carbocycles. The third-order valence-electron chi connectivity index (χ3n) is 2.92. The maximum absolute atomic E-state index is 5.94. The molecule has 2 aromatic rings. The number of ether oxygens (including phenoxy) is 1. The second-order valence-corrected chi connectivity index (χ2v) is 5.38. The van der Waals surface area contributed by atoms with Gasteiger partial charge in [0.1, 0.15) is 12.4 Å². The van der Waals surface area contributed by atoms with Crippen LogP contribution in [0.5, 0.6) is 5.75 Å². The maximum Gasteiger partial charge on any atom is 0.124 e. The van der Waals surface area contributed by atoms with Crippen LogP contribution < -0.4 is 10.1 Å². The highest BCUT2D eigenvalue weighted by molar-refractivity contribution is 9.10. The van der Waals surface area contributed by atoms with E-state index in [1.807, 2.05) is 31.3 Å². The van der Waals surface area contributed by atoms with Gasteiger partial charge in [-0.05, 0) is 26.1 Å². The summed E-state index contributed by atoms with van der Waals surface area (Å²) in [5.74, 6) is 0.940. The van der Waals surface area contributed by atoms with E-state index in [2.05, 4.69) is 46.4 Å². The van der Waals surface area contributed by atoms with Crippen LogP contribution in [0.15, 0.2) is 46.9 Å². The molecule has 0 aliphatic heterocycles. The molecule has 2 rings (SSSR count). The van der Waals surface area contributed by atoms with E-state index >= 15 is 0 Å². The molecule has 0 spiro atoms. The molecule has 0 bridgehead atoms. The second kappa shape index (κ2) is 6.73. The van der Waals surface area contributed by atoms with Crippen LogP contribution in [0.4, 0.5) is 0 Å². The molecule has 0 amide bonds. The lowest BCUT2D eigenvalue weighted by Crippen LogP contribution is -2.08. The summed E-state index contributed by atoms with van der Waals surface area (Å²) < 4.78 is 7.02. The van der Waals surface area contributed by atoms with Crippen molar-refractivity contribution in [3.05, 3.63) is 63.6 Å². The van der Waals surface area contributed by atoms with Crippen molar-refractivity contribution in [1.29, 1.82) is 0 Å². The predicted octanol–water partition coefficient (Wildman–Crippen LogP) is 4.06. The number of hydrogen-bond donors (Lipinski definition) is 1. The summed E-state index contributed by atoms with van der Waals surface area (Å²) >= 11 is 3.54. The summed E-state index contributed by atoms with van der Waals surface area (Å²) in [6.45, 7) is 3.48. The minimum atomic E-state index is 0.571. The minimum Gasteiger partial charge on any atom is -0.489 e. The van der Waals surface area contributed by atoms with Gasteiger partial charge in [-0.15, -0.1) is 0 Å². The summed E-state index contributed by atoms with van der Waals surface area (Å²) in [6, 6.07) is 14.4. The molecular formula is C16H18BrNO. The van der Waals surface area contributed by atoms with Crippen LogP contribution in [-0.2, 0) is 13.2 Å². The Morgan fingerprint density at radius 3 is 2.63 bits per heavy atom. The van der Waals surface area contributed by atoms with Gasteiger partial charge in [-0.1, -0.05) is 51.8 Å². The van der Waals surface area contributed by atoms with E-state index in [-0.39, 0.29) is 0 Å². The van der Waals surface area contributed by atoms with Crippen LogP contribution in [0.3, 0.4) is 0 Å². The molecule has 1 N–H and O–H groups in total. The quantitative estimate of drug-likeness (QED) is 0.897. The summed E-state index contributed by atoms with van der Waals surface area (Å²) in [7, 11) is 1.94. The van der Waals surface area contributed by atoms with Gasteiger partial charge >= 0.3 is 0 Å². The highest BCUT2D eigenvalue weighted by Crippen LogP contribution is 2.23. The standard InChI is InChI=1S/C16H18BrNO/c1-12-7-8-16(14(9-12)10-18-2)19-11-13-5-3-4-6-15(13)17/h3-9,18H,10-11H2,1-2H3. The number of rotatable bonds is 5. The number of halogens is 1. The van der Waals surface area contributed by atoms with Gasteiger partial charge in [0.2, 0.25) is 0 Å². The van der Waals surface area contributed by atoms with Crippen molar-refractivity contribution >= 4 is 15.9 Å². The summed E-state index contributed by atoms with van der Waals surface area (Å²) in [5.41, 5.74) is 3.59. The highest BCUT2D eigenvalue weighted by Gasteiger charge is 2.05. The van der Waals surface area contributed by atoms with Crippen LogP contribution in [-0.4, -0.2) is 7.05 Å². The van der Waals surface area contributed by atoms with E-state index in [1.165, 1.54) is 11.1 Å². The zero-order valence-electron chi connectivity index (χ0n) is 11.2. The largest absolute Gasteiger partial charge is 0.489 e. The zero-order chi connectivity index (χ0) is 13.7. The highest BCUT2D eigenvalue weighted by atomic mass is 79.9. The molecule has 2 nitrogen and oxygen atoms in total. The predicted molar refractivity (Wildman–Crippen MR) is 82.4 cm³/mol. The van der Waals surface area contributed by atoms with Crippen molar-refractivity contribution in [2.75, 3.05) is 7.05 Å². The first kappa shape index (κ1) is 14.1. The lowest BCUT2D eigenvalue weighted by atomic mass is 10.1. The fourth-order valence-corrected chi connectivity index (χ4v) is 2.35. The molecule has 100 valence electrons. The molecule has 0 fully saturated rings. The Balaban J connectivity index is 2.13. The minimum absolute atomic E-state index is 0.571. The fourth-order valence-electron chi connectivity index (χ4n) is 1.95. The number of nitrogens with one attached hydrogen (secondary N) is 1. The van der Waals surface area contributed by atoms with E-state index in [9.17, 15) is 0 Å². The van der Waals surface area contributed by atoms with Crippen molar-refractivity contribution < 1.29 is 4.74 Å². The van der Waals surface area contributed by atoms with Crippen molar-refractivity contribution in [3.63, 3.8) is 0 Å². The van der Waals surface area contributed by atoms with E-state index in [1.54, 1.807) is 0 Å². The fraction of sp³-hybridized carbons (Fsp3) is 0.250. The van der Waals surface area contributed by atoms with E-state index < -0.39 is 0 Å². The van der Waals surface area contributed by atoms with E-state index in [4.69, 9.17) is 4.74 Å². The van der Waals surface area contributed by atoms with Gasteiger partial charge in [0.05, 0.1) is 0 Å². The van der Waals surface area contributed by atoms with Crippen LogP contribution >= 0.6 is 15.9 Å². The van der Waals surface area contributed by atoms with Crippen molar-refractivity contribution in [3.8, 4) is 5.75 Å². The number of hydrogen-bond acceptors (Lipinski definition) is 2. The summed E-state index contributed by atoms with van der Waals surface area (Å²) in [4.78, 5) is 0. The lowest BCUT2D eigenvalue weighted by molar-refractivity contribution is 0.301. The molecule has 0 unspecified atom stereocenters. The Bertz CT molecular complexity index is 554. The molecular weight excluding hydrogens is 302 g/mol. The van der Waals surface area contributed by atoms with Gasteiger partial charge in [-0.2, -0.15) is 0 Å². The Morgan fingerprint density at radius 1 is 1.11 bits per heavy atom. The third kappa shape index (κ3) is 3.82. The van der Waals surface area contributed by atoms with E-state index in [0.29, 0.717) is 6.61 Å². The first-order valence-corrected chi connectivity index (χ1v) is 7.10. The Morgan fingerprint density at radius 2 is 1.89 bits per heavy atom. The molecule has 2 aromatic carbocycles. The maximum atomic E-state index is 5.94. The number of aryl methyl sites for hydroxylation is 1. The van der Waals surface area contributed by atoms with E-state index in [0.717, 1.165) is 22.3 Å². The van der Waals surface area contributed by atoms with Gasteiger partial charge in [0.15, 0.2) is 0 Å². The third-order valence-corrected chi connectivity index (χ3v) is 3.70.